The maximum absolute atomic E-state index is 12.9. The number of allylic oxidation sites excluding steroid dienone is 2. The van der Waals surface area contributed by atoms with Gasteiger partial charge in [0.1, 0.15) is 5.60 Å². The molecular weight excluding hydrogens is 436 g/mol. The van der Waals surface area contributed by atoms with Crippen LogP contribution in [0.3, 0.4) is 0 Å². The molecule has 2 N–H and O–H groups in total. The molecule has 0 aromatic carbocycles. The summed E-state index contributed by atoms with van der Waals surface area (Å²) in [6.07, 6.45) is 7.52. The zero-order chi connectivity index (χ0) is 24.9. The number of hydrogen-bond acceptors (Lipinski definition) is 7. The minimum atomic E-state index is -1.50. The largest absolute Gasteiger partial charge is 0.472 e. The average Bonchev–Trinajstić information content (AvgIpc) is 3.14. The molecule has 0 amide bonds. The van der Waals surface area contributed by atoms with Crippen LogP contribution in [0.1, 0.15) is 65.4 Å². The highest BCUT2D eigenvalue weighted by molar-refractivity contribution is 5.96. The summed E-state index contributed by atoms with van der Waals surface area (Å²) in [5, 5.41) is 23.5. The smallest absolute Gasteiger partial charge is 0.335 e. The predicted molar refractivity (Wildman–Crippen MR) is 123 cm³/mol. The summed E-state index contributed by atoms with van der Waals surface area (Å²) >= 11 is 0. The summed E-state index contributed by atoms with van der Waals surface area (Å²) in [6.45, 7) is 9.52. The lowest BCUT2D eigenvalue weighted by atomic mass is 9.44. The van der Waals surface area contributed by atoms with Gasteiger partial charge in [-0.15, -0.1) is 0 Å². The average molecular weight is 473 g/mol. The van der Waals surface area contributed by atoms with Crippen molar-refractivity contribution in [1.82, 2.24) is 0 Å². The monoisotopic (exact) mass is 472 g/mol. The number of methoxy groups -OCH3 is 1. The molecule has 9 atom stereocenters. The lowest BCUT2D eigenvalue weighted by Gasteiger charge is -2.60. The van der Waals surface area contributed by atoms with E-state index < -0.39 is 40.0 Å². The molecule has 1 spiro atoms. The summed E-state index contributed by atoms with van der Waals surface area (Å²) in [4.78, 5) is 25.4. The fourth-order valence-corrected chi connectivity index (χ4v) is 8.73. The lowest BCUT2D eigenvalue weighted by Crippen LogP contribution is -2.67. The molecule has 2 saturated carbocycles. The summed E-state index contributed by atoms with van der Waals surface area (Å²) in [5.41, 5.74) is -3.04. The van der Waals surface area contributed by atoms with Gasteiger partial charge < -0.3 is 24.1 Å². The molecule has 7 heteroatoms. The van der Waals surface area contributed by atoms with Gasteiger partial charge in [-0.25, -0.2) is 4.79 Å². The Labute approximate surface area is 200 Å². The van der Waals surface area contributed by atoms with Crippen LogP contribution >= 0.6 is 0 Å². The Hall–Kier alpha value is -1.96. The van der Waals surface area contributed by atoms with Gasteiger partial charge in [0.25, 0.3) is 0 Å². The van der Waals surface area contributed by atoms with Crippen molar-refractivity contribution in [1.29, 1.82) is 0 Å². The minimum absolute atomic E-state index is 0.0787. The first-order valence-corrected chi connectivity index (χ1v) is 12.2. The lowest BCUT2D eigenvalue weighted by molar-refractivity contribution is -0.202. The fourth-order valence-electron chi connectivity index (χ4n) is 8.73. The second kappa shape index (κ2) is 7.05. The van der Waals surface area contributed by atoms with E-state index in [1.165, 1.54) is 7.11 Å². The van der Waals surface area contributed by atoms with Crippen LogP contribution in [-0.2, 0) is 19.1 Å². The van der Waals surface area contributed by atoms with Crippen LogP contribution in [0.4, 0.5) is 0 Å². The fraction of sp³-hybridized carbons (Fsp3) is 0.704. The van der Waals surface area contributed by atoms with Crippen LogP contribution in [0.2, 0.25) is 0 Å². The van der Waals surface area contributed by atoms with Gasteiger partial charge in [0.05, 0.1) is 31.3 Å². The second-order valence-corrected chi connectivity index (χ2v) is 12.1. The molecule has 3 fully saturated rings. The van der Waals surface area contributed by atoms with Gasteiger partial charge in [-0.05, 0) is 61.1 Å². The van der Waals surface area contributed by atoms with E-state index in [4.69, 9.17) is 13.9 Å². The Morgan fingerprint density at radius 2 is 1.94 bits per heavy atom. The molecule has 0 bridgehead atoms. The molecule has 0 radical (unpaired) electrons. The first-order chi connectivity index (χ1) is 15.8. The zero-order valence-corrected chi connectivity index (χ0v) is 20.8. The van der Waals surface area contributed by atoms with E-state index in [9.17, 15) is 19.8 Å². The Kier molecular flexibility index (Phi) is 4.93. The zero-order valence-electron chi connectivity index (χ0n) is 20.8. The molecule has 186 valence electrons. The Bertz CT molecular complexity index is 1040. The number of esters is 1. The third-order valence-electron chi connectivity index (χ3n) is 10.3. The first-order valence-electron chi connectivity index (χ1n) is 12.2. The van der Waals surface area contributed by atoms with E-state index >= 15 is 0 Å². The van der Waals surface area contributed by atoms with Gasteiger partial charge in [0.15, 0.2) is 11.9 Å². The van der Waals surface area contributed by atoms with Gasteiger partial charge in [0, 0.05) is 16.7 Å². The van der Waals surface area contributed by atoms with Gasteiger partial charge in [-0.1, -0.05) is 33.8 Å². The van der Waals surface area contributed by atoms with Gasteiger partial charge in [0.2, 0.25) is 0 Å². The Morgan fingerprint density at radius 3 is 2.56 bits per heavy atom. The first kappa shape index (κ1) is 23.8. The minimum Gasteiger partial charge on any atom is -0.472 e. The number of carbonyl (C=O) groups is 2. The molecule has 9 unspecified atom stereocenters. The Morgan fingerprint density at radius 1 is 1.24 bits per heavy atom. The summed E-state index contributed by atoms with van der Waals surface area (Å²) in [6, 6.07) is 2.00. The molecule has 7 nitrogen and oxygen atoms in total. The quantitative estimate of drug-likeness (QED) is 0.511. The molecule has 1 aliphatic heterocycles. The maximum Gasteiger partial charge on any atom is 0.335 e. The summed E-state index contributed by atoms with van der Waals surface area (Å²) < 4.78 is 16.6. The number of rotatable bonds is 4. The van der Waals surface area contributed by atoms with Crippen LogP contribution in [0.15, 0.2) is 35.2 Å². The second-order valence-electron chi connectivity index (χ2n) is 12.1. The molecule has 1 aromatic rings. The van der Waals surface area contributed by atoms with E-state index in [0.29, 0.717) is 6.42 Å². The highest BCUT2D eigenvalue weighted by Gasteiger charge is 2.84. The molecule has 1 saturated heterocycles. The number of ketones is 1. The van der Waals surface area contributed by atoms with Crippen molar-refractivity contribution in [3.8, 4) is 0 Å². The van der Waals surface area contributed by atoms with E-state index in [-0.39, 0.29) is 29.1 Å². The molecular formula is C27H36O7. The summed E-state index contributed by atoms with van der Waals surface area (Å²) in [5.74, 6) is -1.84. The van der Waals surface area contributed by atoms with Crippen molar-refractivity contribution >= 4 is 11.8 Å². The predicted octanol–water partition coefficient (Wildman–Crippen LogP) is 3.39. The highest BCUT2D eigenvalue weighted by Crippen LogP contribution is 2.77. The number of aliphatic hydroxyl groups is 2. The molecule has 34 heavy (non-hydrogen) atoms. The molecule has 3 aliphatic carbocycles. The van der Waals surface area contributed by atoms with Crippen molar-refractivity contribution in [3.63, 3.8) is 0 Å². The van der Waals surface area contributed by atoms with Crippen LogP contribution in [0.5, 0.6) is 0 Å². The third kappa shape index (κ3) is 2.64. The topological polar surface area (TPSA) is 110 Å². The van der Waals surface area contributed by atoms with Crippen molar-refractivity contribution < 1.29 is 33.7 Å². The number of hydrogen-bond donors (Lipinski definition) is 2. The van der Waals surface area contributed by atoms with E-state index in [2.05, 4.69) is 6.92 Å². The number of ether oxygens (including phenoxy) is 2. The van der Waals surface area contributed by atoms with Crippen LogP contribution in [-0.4, -0.2) is 52.5 Å². The maximum atomic E-state index is 12.9. The summed E-state index contributed by atoms with van der Waals surface area (Å²) in [7, 11) is 1.23. The number of epoxide rings is 1. The number of furan rings is 1. The molecule has 5 rings (SSSR count). The number of carbonyl (C=O) groups excluding carboxylic acids is 2. The standard InChI is InChI=1S/C27H36O7/c1-23(2)18(28)8-10-24(3,21(23)20(29)22(30)32-6)17-7-11-25(4)16(15-9-12-33-14-15)13-19-27(25,34-19)26(17,5)31/h8-10,12,14,16-17,19-21,29,31H,7,11,13H2,1-6H3. The van der Waals surface area contributed by atoms with Gasteiger partial charge >= 0.3 is 5.97 Å². The van der Waals surface area contributed by atoms with Crippen molar-refractivity contribution in [2.75, 3.05) is 7.11 Å². The molecule has 4 aliphatic rings. The van der Waals surface area contributed by atoms with Gasteiger partial charge in [-0.2, -0.15) is 0 Å². The molecule has 2 heterocycles. The van der Waals surface area contributed by atoms with Crippen molar-refractivity contribution in [2.45, 2.75) is 83.2 Å². The van der Waals surface area contributed by atoms with Crippen molar-refractivity contribution in [3.05, 3.63) is 36.3 Å². The Balaban J connectivity index is 1.59. The molecule has 1 aromatic heterocycles. The van der Waals surface area contributed by atoms with E-state index in [1.807, 2.05) is 19.9 Å². The third-order valence-corrected chi connectivity index (χ3v) is 10.3. The SMILES string of the molecule is COC(=O)C(O)C1C(C)(C)C(=O)C=CC1(C)C1CCC2(C)C(c3ccoc3)CC3OC32C1(C)O. The van der Waals surface area contributed by atoms with E-state index in [0.717, 1.165) is 18.4 Å². The van der Waals surface area contributed by atoms with Crippen LogP contribution in [0.25, 0.3) is 0 Å². The van der Waals surface area contributed by atoms with Gasteiger partial charge in [-0.3, -0.25) is 4.79 Å². The van der Waals surface area contributed by atoms with Crippen LogP contribution < -0.4 is 0 Å². The van der Waals surface area contributed by atoms with E-state index in [1.54, 1.807) is 38.5 Å². The highest BCUT2D eigenvalue weighted by atomic mass is 16.6. The van der Waals surface area contributed by atoms with Crippen LogP contribution in [0, 0.1) is 28.1 Å². The normalized spacial score (nSPS) is 47.6. The number of aliphatic hydroxyl groups excluding tert-OH is 1. The van der Waals surface area contributed by atoms with Crippen molar-refractivity contribution in [2.24, 2.45) is 28.1 Å².